The van der Waals surface area contributed by atoms with Crippen molar-refractivity contribution < 1.29 is 10.2 Å². The predicted octanol–water partition coefficient (Wildman–Crippen LogP) is 2.64. The molecule has 0 amide bonds. The number of phenolic OH excluding ortho intramolecular Hbond substituents is 2. The summed E-state index contributed by atoms with van der Waals surface area (Å²) in [6.45, 7) is 3.83. The lowest BCUT2D eigenvalue weighted by Gasteiger charge is -2.27. The van der Waals surface area contributed by atoms with Gasteiger partial charge in [-0.1, -0.05) is 29.8 Å². The number of rotatable bonds is 1. The molecule has 1 atom stereocenters. The SMILES string of the molecule is Cc1ccc2c(c1)CNCC2c1ccc(O)c(O)c1. The molecule has 3 heteroatoms. The van der Waals surface area contributed by atoms with Crippen molar-refractivity contribution in [2.75, 3.05) is 6.54 Å². The summed E-state index contributed by atoms with van der Waals surface area (Å²) in [6, 6.07) is 11.6. The van der Waals surface area contributed by atoms with Crippen LogP contribution in [-0.2, 0) is 6.54 Å². The zero-order valence-electron chi connectivity index (χ0n) is 10.9. The largest absolute Gasteiger partial charge is 0.504 e. The fourth-order valence-electron chi connectivity index (χ4n) is 2.74. The molecule has 1 aliphatic heterocycles. The maximum atomic E-state index is 9.65. The minimum Gasteiger partial charge on any atom is -0.504 e. The Morgan fingerprint density at radius 1 is 1.05 bits per heavy atom. The molecule has 2 aromatic rings. The lowest BCUT2D eigenvalue weighted by Crippen LogP contribution is -2.28. The first-order valence-electron chi connectivity index (χ1n) is 6.47. The van der Waals surface area contributed by atoms with Gasteiger partial charge in [-0.2, -0.15) is 0 Å². The van der Waals surface area contributed by atoms with Crippen molar-refractivity contribution >= 4 is 0 Å². The average molecular weight is 255 g/mol. The summed E-state index contributed by atoms with van der Waals surface area (Å²) in [5.41, 5.74) is 4.89. The number of hydrogen-bond donors (Lipinski definition) is 3. The Balaban J connectivity index is 2.05. The van der Waals surface area contributed by atoms with E-state index in [9.17, 15) is 10.2 Å². The Bertz CT molecular complexity index is 622. The van der Waals surface area contributed by atoms with Gasteiger partial charge in [-0.15, -0.1) is 0 Å². The predicted molar refractivity (Wildman–Crippen MR) is 74.5 cm³/mol. The van der Waals surface area contributed by atoms with Crippen LogP contribution < -0.4 is 5.32 Å². The first kappa shape index (κ1) is 12.1. The van der Waals surface area contributed by atoms with Crippen molar-refractivity contribution in [3.63, 3.8) is 0 Å². The minimum atomic E-state index is -0.0725. The normalized spacial score (nSPS) is 18.1. The Morgan fingerprint density at radius 2 is 1.89 bits per heavy atom. The molecule has 0 bridgehead atoms. The molecule has 0 radical (unpaired) electrons. The zero-order chi connectivity index (χ0) is 13.4. The van der Waals surface area contributed by atoms with Crippen LogP contribution in [0.5, 0.6) is 11.5 Å². The minimum absolute atomic E-state index is 0.0586. The Kier molecular flexibility index (Phi) is 2.91. The summed E-state index contributed by atoms with van der Waals surface area (Å²) in [4.78, 5) is 0. The molecule has 0 saturated carbocycles. The lowest BCUT2D eigenvalue weighted by molar-refractivity contribution is 0.402. The van der Waals surface area contributed by atoms with E-state index in [-0.39, 0.29) is 17.4 Å². The van der Waals surface area contributed by atoms with Crippen molar-refractivity contribution in [2.45, 2.75) is 19.4 Å². The molecule has 19 heavy (non-hydrogen) atoms. The summed E-state index contributed by atoms with van der Waals surface area (Å²) in [5, 5.41) is 22.5. The maximum Gasteiger partial charge on any atom is 0.157 e. The highest BCUT2D eigenvalue weighted by Crippen LogP contribution is 2.34. The second-order valence-electron chi connectivity index (χ2n) is 5.13. The molecule has 3 N–H and O–H groups in total. The number of aryl methyl sites for hydroxylation is 1. The van der Waals surface area contributed by atoms with E-state index in [2.05, 4.69) is 30.4 Å². The van der Waals surface area contributed by atoms with Crippen molar-refractivity contribution in [3.05, 3.63) is 58.7 Å². The summed E-state index contributed by atoms with van der Waals surface area (Å²) in [6.07, 6.45) is 0. The van der Waals surface area contributed by atoms with Crippen LogP contribution in [0.3, 0.4) is 0 Å². The highest BCUT2D eigenvalue weighted by molar-refractivity contribution is 5.47. The van der Waals surface area contributed by atoms with Gasteiger partial charge in [0.15, 0.2) is 11.5 Å². The quantitative estimate of drug-likeness (QED) is 0.687. The van der Waals surface area contributed by atoms with Gasteiger partial charge in [0, 0.05) is 19.0 Å². The van der Waals surface area contributed by atoms with Gasteiger partial charge in [0.25, 0.3) is 0 Å². The molecule has 1 heterocycles. The van der Waals surface area contributed by atoms with E-state index in [0.29, 0.717) is 0 Å². The van der Waals surface area contributed by atoms with Crippen LogP contribution >= 0.6 is 0 Å². The van der Waals surface area contributed by atoms with E-state index in [4.69, 9.17) is 0 Å². The summed E-state index contributed by atoms with van der Waals surface area (Å²) in [5.74, 6) is 0.0873. The van der Waals surface area contributed by atoms with Crippen molar-refractivity contribution in [1.29, 1.82) is 0 Å². The molecule has 2 aromatic carbocycles. The van der Waals surface area contributed by atoms with Crippen LogP contribution in [0.25, 0.3) is 0 Å². The molecule has 1 aliphatic rings. The van der Waals surface area contributed by atoms with Gasteiger partial charge < -0.3 is 15.5 Å². The summed E-state index contributed by atoms with van der Waals surface area (Å²) in [7, 11) is 0. The van der Waals surface area contributed by atoms with Crippen LogP contribution in [0.4, 0.5) is 0 Å². The summed E-state index contributed by atoms with van der Waals surface area (Å²) >= 11 is 0. The molecule has 0 saturated heterocycles. The van der Waals surface area contributed by atoms with Crippen LogP contribution in [0.15, 0.2) is 36.4 Å². The zero-order valence-corrected chi connectivity index (χ0v) is 10.9. The third-order valence-corrected chi connectivity index (χ3v) is 3.74. The van der Waals surface area contributed by atoms with Crippen LogP contribution in [0.1, 0.15) is 28.2 Å². The highest BCUT2D eigenvalue weighted by Gasteiger charge is 2.22. The summed E-state index contributed by atoms with van der Waals surface area (Å²) < 4.78 is 0. The van der Waals surface area contributed by atoms with E-state index in [1.807, 2.05) is 6.07 Å². The molecule has 0 fully saturated rings. The molecule has 0 aliphatic carbocycles. The second kappa shape index (κ2) is 4.59. The smallest absolute Gasteiger partial charge is 0.157 e. The molecule has 0 aromatic heterocycles. The molecule has 3 rings (SSSR count). The van der Waals surface area contributed by atoms with E-state index in [1.165, 1.54) is 16.7 Å². The van der Waals surface area contributed by atoms with Gasteiger partial charge in [-0.3, -0.25) is 0 Å². The van der Waals surface area contributed by atoms with E-state index < -0.39 is 0 Å². The van der Waals surface area contributed by atoms with Crippen LogP contribution in [0, 0.1) is 6.92 Å². The second-order valence-corrected chi connectivity index (χ2v) is 5.13. The van der Waals surface area contributed by atoms with Crippen molar-refractivity contribution in [1.82, 2.24) is 5.32 Å². The number of phenols is 2. The highest BCUT2D eigenvalue weighted by atomic mass is 16.3. The fraction of sp³-hybridized carbons (Fsp3) is 0.250. The standard InChI is InChI=1S/C16H17NO2/c1-10-2-4-13-12(6-10)8-17-9-14(13)11-3-5-15(18)16(19)7-11/h2-7,14,17-19H,8-9H2,1H3. The Hall–Kier alpha value is -2.00. The molecular weight excluding hydrogens is 238 g/mol. The number of nitrogens with one attached hydrogen (secondary N) is 1. The Morgan fingerprint density at radius 3 is 2.68 bits per heavy atom. The topological polar surface area (TPSA) is 52.5 Å². The van der Waals surface area contributed by atoms with Crippen molar-refractivity contribution in [2.24, 2.45) is 0 Å². The molecule has 1 unspecified atom stereocenters. The van der Waals surface area contributed by atoms with Gasteiger partial charge >= 0.3 is 0 Å². The van der Waals surface area contributed by atoms with Gasteiger partial charge in [-0.25, -0.2) is 0 Å². The number of aromatic hydroxyl groups is 2. The van der Waals surface area contributed by atoms with Gasteiger partial charge in [0.2, 0.25) is 0 Å². The maximum absolute atomic E-state index is 9.65. The number of fused-ring (bicyclic) bond motifs is 1. The number of benzene rings is 2. The monoisotopic (exact) mass is 255 g/mol. The van der Waals surface area contributed by atoms with Crippen LogP contribution in [-0.4, -0.2) is 16.8 Å². The molecular formula is C16H17NO2. The average Bonchev–Trinajstić information content (AvgIpc) is 2.41. The molecule has 0 spiro atoms. The van der Waals surface area contributed by atoms with Crippen molar-refractivity contribution in [3.8, 4) is 11.5 Å². The van der Waals surface area contributed by atoms with E-state index in [1.54, 1.807) is 12.1 Å². The third kappa shape index (κ3) is 2.17. The first-order valence-corrected chi connectivity index (χ1v) is 6.47. The fourth-order valence-corrected chi connectivity index (χ4v) is 2.74. The Labute approximate surface area is 112 Å². The molecule has 98 valence electrons. The van der Waals surface area contributed by atoms with E-state index >= 15 is 0 Å². The number of hydrogen-bond acceptors (Lipinski definition) is 3. The lowest BCUT2D eigenvalue weighted by atomic mass is 9.85. The van der Waals surface area contributed by atoms with E-state index in [0.717, 1.165) is 18.7 Å². The first-order chi connectivity index (χ1) is 9.15. The third-order valence-electron chi connectivity index (χ3n) is 3.74. The van der Waals surface area contributed by atoms with Crippen LogP contribution in [0.2, 0.25) is 0 Å². The van der Waals surface area contributed by atoms with Gasteiger partial charge in [0.05, 0.1) is 0 Å². The van der Waals surface area contributed by atoms with Gasteiger partial charge in [0.1, 0.15) is 0 Å². The van der Waals surface area contributed by atoms with Gasteiger partial charge in [-0.05, 0) is 35.7 Å². The molecule has 3 nitrogen and oxygen atoms in total.